The van der Waals surface area contributed by atoms with Crippen molar-refractivity contribution in [2.75, 3.05) is 5.73 Å². The standard InChI is InChI=1S/C8H9N5S/c1-4-6(3-10-5(2)11-4)7-12-13-8(9)14-7/h3H,1-2H3,(H2,9,13). The maximum atomic E-state index is 5.50. The number of anilines is 1. The molecule has 0 atom stereocenters. The zero-order chi connectivity index (χ0) is 10.1. The summed E-state index contributed by atoms with van der Waals surface area (Å²) in [5.74, 6) is 0.753. The minimum absolute atomic E-state index is 0.458. The fourth-order valence-corrected chi connectivity index (χ4v) is 1.81. The van der Waals surface area contributed by atoms with E-state index in [4.69, 9.17) is 5.73 Å². The van der Waals surface area contributed by atoms with Crippen molar-refractivity contribution in [3.05, 3.63) is 17.7 Å². The molecule has 0 saturated heterocycles. The Hall–Kier alpha value is -1.56. The summed E-state index contributed by atoms with van der Waals surface area (Å²) in [5.41, 5.74) is 7.29. The van der Waals surface area contributed by atoms with Crippen LogP contribution in [0.2, 0.25) is 0 Å². The number of rotatable bonds is 1. The van der Waals surface area contributed by atoms with Crippen molar-refractivity contribution in [2.24, 2.45) is 0 Å². The summed E-state index contributed by atoms with van der Waals surface area (Å²) in [6.07, 6.45) is 1.75. The second kappa shape index (κ2) is 3.30. The highest BCUT2D eigenvalue weighted by molar-refractivity contribution is 7.18. The molecule has 2 aromatic heterocycles. The summed E-state index contributed by atoms with van der Waals surface area (Å²) in [4.78, 5) is 8.36. The lowest BCUT2D eigenvalue weighted by molar-refractivity contribution is 1.01. The molecule has 0 aromatic carbocycles. The molecule has 0 bridgehead atoms. The van der Waals surface area contributed by atoms with E-state index in [1.54, 1.807) is 6.20 Å². The van der Waals surface area contributed by atoms with Gasteiger partial charge in [0.05, 0.1) is 11.3 Å². The van der Waals surface area contributed by atoms with Crippen molar-refractivity contribution >= 4 is 16.5 Å². The molecule has 0 aliphatic carbocycles. The van der Waals surface area contributed by atoms with Crippen LogP contribution in [0.5, 0.6) is 0 Å². The predicted molar refractivity (Wildman–Crippen MR) is 54.8 cm³/mol. The van der Waals surface area contributed by atoms with Crippen molar-refractivity contribution in [1.82, 2.24) is 20.2 Å². The van der Waals surface area contributed by atoms with E-state index in [2.05, 4.69) is 20.2 Å². The first-order valence-corrected chi connectivity index (χ1v) is 4.88. The van der Waals surface area contributed by atoms with Crippen molar-refractivity contribution in [1.29, 1.82) is 0 Å². The number of aryl methyl sites for hydroxylation is 2. The Bertz CT molecular complexity index is 465. The van der Waals surface area contributed by atoms with Gasteiger partial charge in [0, 0.05) is 6.20 Å². The molecule has 0 aliphatic heterocycles. The maximum Gasteiger partial charge on any atom is 0.203 e. The van der Waals surface area contributed by atoms with Gasteiger partial charge in [0.1, 0.15) is 5.82 Å². The second-order valence-corrected chi connectivity index (χ2v) is 3.87. The molecule has 0 aliphatic rings. The molecule has 0 spiro atoms. The highest BCUT2D eigenvalue weighted by Crippen LogP contribution is 2.25. The smallest absolute Gasteiger partial charge is 0.203 e. The Labute approximate surface area is 85.0 Å². The Kier molecular flexibility index (Phi) is 2.12. The molecule has 0 radical (unpaired) electrons. The molecule has 0 amide bonds. The van der Waals surface area contributed by atoms with Crippen molar-refractivity contribution in [3.63, 3.8) is 0 Å². The van der Waals surface area contributed by atoms with Gasteiger partial charge in [0.15, 0.2) is 5.01 Å². The molecule has 0 unspecified atom stereocenters. The molecule has 0 fully saturated rings. The van der Waals surface area contributed by atoms with Crippen LogP contribution in [0.1, 0.15) is 11.5 Å². The van der Waals surface area contributed by atoms with Crippen LogP contribution in [0.4, 0.5) is 5.13 Å². The number of nitrogens with zero attached hydrogens (tertiary/aromatic N) is 4. The first kappa shape index (κ1) is 9.01. The summed E-state index contributed by atoms with van der Waals surface area (Å²) in [6.45, 7) is 3.77. The SMILES string of the molecule is Cc1ncc(-c2nnc(N)s2)c(C)n1. The van der Waals surface area contributed by atoms with E-state index in [1.165, 1.54) is 11.3 Å². The topological polar surface area (TPSA) is 77.6 Å². The quantitative estimate of drug-likeness (QED) is 0.760. The maximum absolute atomic E-state index is 5.50. The van der Waals surface area contributed by atoms with Gasteiger partial charge in [-0.1, -0.05) is 11.3 Å². The summed E-state index contributed by atoms with van der Waals surface area (Å²) >= 11 is 1.34. The summed E-state index contributed by atoms with van der Waals surface area (Å²) in [6, 6.07) is 0. The molecular formula is C8H9N5S. The van der Waals surface area contributed by atoms with Gasteiger partial charge in [-0.2, -0.15) is 0 Å². The number of nitrogens with two attached hydrogens (primary N) is 1. The van der Waals surface area contributed by atoms with Crippen LogP contribution in [0.25, 0.3) is 10.6 Å². The predicted octanol–water partition coefficient (Wildman–Crippen LogP) is 1.19. The van der Waals surface area contributed by atoms with Crippen LogP contribution in [0.15, 0.2) is 6.20 Å². The van der Waals surface area contributed by atoms with Gasteiger partial charge in [-0.05, 0) is 13.8 Å². The molecule has 2 rings (SSSR count). The van der Waals surface area contributed by atoms with E-state index < -0.39 is 0 Å². The van der Waals surface area contributed by atoms with Gasteiger partial charge in [0.2, 0.25) is 5.13 Å². The van der Waals surface area contributed by atoms with E-state index in [0.717, 1.165) is 22.1 Å². The average Bonchev–Trinajstić information content (AvgIpc) is 2.51. The molecule has 72 valence electrons. The molecule has 0 saturated carbocycles. The monoisotopic (exact) mass is 207 g/mol. The molecule has 6 heteroatoms. The van der Waals surface area contributed by atoms with Crippen LogP contribution >= 0.6 is 11.3 Å². The van der Waals surface area contributed by atoms with E-state index in [-0.39, 0.29) is 0 Å². The minimum Gasteiger partial charge on any atom is -0.374 e. The van der Waals surface area contributed by atoms with Gasteiger partial charge in [-0.15, -0.1) is 10.2 Å². The molecule has 2 N–H and O–H groups in total. The molecule has 2 heterocycles. The third-order valence-electron chi connectivity index (χ3n) is 1.77. The van der Waals surface area contributed by atoms with Crippen LogP contribution in [-0.2, 0) is 0 Å². The van der Waals surface area contributed by atoms with Crippen molar-refractivity contribution in [3.8, 4) is 10.6 Å². The van der Waals surface area contributed by atoms with Gasteiger partial charge in [-0.3, -0.25) is 0 Å². The van der Waals surface area contributed by atoms with Gasteiger partial charge >= 0.3 is 0 Å². The highest BCUT2D eigenvalue weighted by Gasteiger charge is 2.08. The number of hydrogen-bond acceptors (Lipinski definition) is 6. The van der Waals surface area contributed by atoms with Crippen LogP contribution < -0.4 is 5.73 Å². The zero-order valence-corrected chi connectivity index (χ0v) is 8.67. The third-order valence-corrected chi connectivity index (χ3v) is 2.56. The van der Waals surface area contributed by atoms with Gasteiger partial charge < -0.3 is 5.73 Å². The van der Waals surface area contributed by atoms with Crippen molar-refractivity contribution < 1.29 is 0 Å². The average molecular weight is 207 g/mol. The summed E-state index contributed by atoms with van der Waals surface area (Å²) in [5, 5.41) is 8.91. The third kappa shape index (κ3) is 1.56. The fraction of sp³-hybridized carbons (Fsp3) is 0.250. The second-order valence-electron chi connectivity index (χ2n) is 2.86. The van der Waals surface area contributed by atoms with Gasteiger partial charge in [0.25, 0.3) is 0 Å². The molecule has 14 heavy (non-hydrogen) atoms. The Balaban J connectivity index is 2.52. The first-order chi connectivity index (χ1) is 6.66. The lowest BCUT2D eigenvalue weighted by Gasteiger charge is -1.99. The zero-order valence-electron chi connectivity index (χ0n) is 7.85. The van der Waals surface area contributed by atoms with Crippen molar-refractivity contribution in [2.45, 2.75) is 13.8 Å². The normalized spacial score (nSPS) is 10.4. The van der Waals surface area contributed by atoms with E-state index in [0.29, 0.717) is 5.13 Å². The fourth-order valence-electron chi connectivity index (χ4n) is 1.14. The number of aromatic nitrogens is 4. The number of hydrogen-bond donors (Lipinski definition) is 1. The van der Waals surface area contributed by atoms with Crippen LogP contribution in [0.3, 0.4) is 0 Å². The Morgan fingerprint density at radius 2 is 2.07 bits per heavy atom. The van der Waals surface area contributed by atoms with Crippen LogP contribution in [-0.4, -0.2) is 20.2 Å². The summed E-state index contributed by atoms with van der Waals surface area (Å²) in [7, 11) is 0. The van der Waals surface area contributed by atoms with E-state index in [1.807, 2.05) is 13.8 Å². The minimum atomic E-state index is 0.458. The molecule has 5 nitrogen and oxygen atoms in total. The lowest BCUT2D eigenvalue weighted by atomic mass is 10.2. The van der Waals surface area contributed by atoms with E-state index >= 15 is 0 Å². The Morgan fingerprint density at radius 1 is 1.29 bits per heavy atom. The first-order valence-electron chi connectivity index (χ1n) is 4.06. The van der Waals surface area contributed by atoms with E-state index in [9.17, 15) is 0 Å². The van der Waals surface area contributed by atoms with Gasteiger partial charge in [-0.25, -0.2) is 9.97 Å². The molecular weight excluding hydrogens is 198 g/mol. The molecule has 2 aromatic rings. The van der Waals surface area contributed by atoms with Crippen LogP contribution in [0, 0.1) is 13.8 Å². The Morgan fingerprint density at radius 3 is 2.64 bits per heavy atom. The highest BCUT2D eigenvalue weighted by atomic mass is 32.1. The lowest BCUT2D eigenvalue weighted by Crippen LogP contribution is -1.93. The largest absolute Gasteiger partial charge is 0.374 e. The number of nitrogen functional groups attached to an aromatic ring is 1. The summed E-state index contributed by atoms with van der Waals surface area (Å²) < 4.78 is 0.